The molecule has 1 N–H and O–H groups in total. The van der Waals surface area contributed by atoms with E-state index in [1.54, 1.807) is 12.4 Å². The molecule has 0 aliphatic carbocycles. The van der Waals surface area contributed by atoms with Crippen molar-refractivity contribution in [1.29, 1.82) is 0 Å². The summed E-state index contributed by atoms with van der Waals surface area (Å²) in [5.74, 6) is 0.527. The van der Waals surface area contributed by atoms with E-state index in [4.69, 9.17) is 4.74 Å². The molecule has 20 heavy (non-hydrogen) atoms. The van der Waals surface area contributed by atoms with E-state index in [9.17, 15) is 4.79 Å². The Morgan fingerprint density at radius 1 is 1.40 bits per heavy atom. The molecule has 110 valence electrons. The highest BCUT2D eigenvalue weighted by atomic mass is 16.5. The van der Waals surface area contributed by atoms with E-state index in [0.29, 0.717) is 12.3 Å². The highest BCUT2D eigenvalue weighted by molar-refractivity contribution is 5.78. The average molecular weight is 277 g/mol. The highest BCUT2D eigenvalue weighted by Gasteiger charge is 2.14. The van der Waals surface area contributed by atoms with Gasteiger partial charge >= 0.3 is 0 Å². The van der Waals surface area contributed by atoms with Crippen LogP contribution >= 0.6 is 0 Å². The molecule has 0 aromatic carbocycles. The van der Waals surface area contributed by atoms with Crippen LogP contribution in [-0.4, -0.2) is 55.2 Å². The fourth-order valence-corrected chi connectivity index (χ4v) is 2.33. The maximum absolute atomic E-state index is 11.8. The zero-order valence-electron chi connectivity index (χ0n) is 12.0. The molecule has 0 spiro atoms. The van der Waals surface area contributed by atoms with Gasteiger partial charge < -0.3 is 10.1 Å². The second-order valence-corrected chi connectivity index (χ2v) is 5.35. The Labute approximate surface area is 120 Å². The van der Waals surface area contributed by atoms with E-state index in [-0.39, 0.29) is 5.91 Å². The van der Waals surface area contributed by atoms with Gasteiger partial charge in [-0.15, -0.1) is 0 Å². The summed E-state index contributed by atoms with van der Waals surface area (Å²) in [6.07, 6.45) is 3.85. The van der Waals surface area contributed by atoms with Gasteiger partial charge in [0.25, 0.3) is 0 Å². The lowest BCUT2D eigenvalue weighted by Gasteiger charge is -2.29. The van der Waals surface area contributed by atoms with Crippen molar-refractivity contribution in [3.05, 3.63) is 30.1 Å². The SMILES string of the molecule is CC(CNC(=O)Cc1ccncc1)CN1CCOCC1. The number of ether oxygens (including phenoxy) is 1. The molecule has 1 aromatic heterocycles. The third kappa shape index (κ3) is 5.27. The summed E-state index contributed by atoms with van der Waals surface area (Å²) in [6.45, 7) is 7.54. The zero-order chi connectivity index (χ0) is 14.2. The number of carbonyl (C=O) groups excluding carboxylic acids is 1. The van der Waals surface area contributed by atoms with Crippen molar-refractivity contribution in [2.24, 2.45) is 5.92 Å². The van der Waals surface area contributed by atoms with Crippen LogP contribution in [0.5, 0.6) is 0 Å². The molecule has 1 fully saturated rings. The smallest absolute Gasteiger partial charge is 0.224 e. The summed E-state index contributed by atoms with van der Waals surface area (Å²) >= 11 is 0. The quantitative estimate of drug-likeness (QED) is 0.832. The predicted molar refractivity (Wildman–Crippen MR) is 77.4 cm³/mol. The molecule has 5 nitrogen and oxygen atoms in total. The van der Waals surface area contributed by atoms with Gasteiger partial charge in [0, 0.05) is 38.6 Å². The number of aromatic nitrogens is 1. The molecule has 1 saturated heterocycles. The molecule has 1 aliphatic rings. The van der Waals surface area contributed by atoms with Crippen LogP contribution in [-0.2, 0) is 16.0 Å². The first-order chi connectivity index (χ1) is 9.74. The van der Waals surface area contributed by atoms with Crippen molar-refractivity contribution in [1.82, 2.24) is 15.2 Å². The Morgan fingerprint density at radius 3 is 2.80 bits per heavy atom. The third-order valence-corrected chi connectivity index (χ3v) is 3.44. The number of morpholine rings is 1. The number of nitrogens with one attached hydrogen (secondary N) is 1. The Morgan fingerprint density at radius 2 is 2.10 bits per heavy atom. The second-order valence-electron chi connectivity index (χ2n) is 5.35. The lowest BCUT2D eigenvalue weighted by molar-refractivity contribution is -0.120. The van der Waals surface area contributed by atoms with Gasteiger partial charge in [0.1, 0.15) is 0 Å². The average Bonchev–Trinajstić information content (AvgIpc) is 2.47. The molecule has 0 bridgehead atoms. The minimum Gasteiger partial charge on any atom is -0.379 e. The van der Waals surface area contributed by atoms with E-state index in [0.717, 1.165) is 45.0 Å². The van der Waals surface area contributed by atoms with Crippen molar-refractivity contribution in [3.63, 3.8) is 0 Å². The first-order valence-electron chi connectivity index (χ1n) is 7.20. The van der Waals surface area contributed by atoms with Crippen molar-refractivity contribution < 1.29 is 9.53 Å². The van der Waals surface area contributed by atoms with Crippen LogP contribution < -0.4 is 5.32 Å². The van der Waals surface area contributed by atoms with Crippen molar-refractivity contribution in [3.8, 4) is 0 Å². The largest absolute Gasteiger partial charge is 0.379 e. The second kappa shape index (κ2) is 7.97. The van der Waals surface area contributed by atoms with Crippen LogP contribution in [0.1, 0.15) is 12.5 Å². The zero-order valence-corrected chi connectivity index (χ0v) is 12.0. The lowest BCUT2D eigenvalue weighted by atomic mass is 10.1. The molecule has 1 aromatic rings. The van der Waals surface area contributed by atoms with Crippen LogP contribution in [0.15, 0.2) is 24.5 Å². The summed E-state index contributed by atoms with van der Waals surface area (Å²) in [5, 5.41) is 3.00. The first kappa shape index (κ1) is 14.9. The van der Waals surface area contributed by atoms with E-state index in [1.165, 1.54) is 0 Å². The summed E-state index contributed by atoms with van der Waals surface area (Å²) < 4.78 is 5.33. The Kier molecular flexibility index (Phi) is 5.95. The Bertz CT molecular complexity index is 405. The molecule has 2 heterocycles. The monoisotopic (exact) mass is 277 g/mol. The van der Waals surface area contributed by atoms with Crippen LogP contribution in [0.25, 0.3) is 0 Å². The lowest BCUT2D eigenvalue weighted by Crippen LogP contribution is -2.41. The van der Waals surface area contributed by atoms with E-state index < -0.39 is 0 Å². The van der Waals surface area contributed by atoms with Gasteiger partial charge in [-0.3, -0.25) is 14.7 Å². The fourth-order valence-electron chi connectivity index (χ4n) is 2.33. The van der Waals surface area contributed by atoms with Crippen molar-refractivity contribution in [2.45, 2.75) is 13.3 Å². The molecule has 1 unspecified atom stereocenters. The Balaban J connectivity index is 1.64. The summed E-state index contributed by atoms with van der Waals surface area (Å²) in [6, 6.07) is 3.74. The van der Waals surface area contributed by atoms with Gasteiger partial charge in [-0.25, -0.2) is 0 Å². The van der Waals surface area contributed by atoms with Crippen molar-refractivity contribution >= 4 is 5.91 Å². The molecule has 0 saturated carbocycles. The van der Waals surface area contributed by atoms with Gasteiger partial charge in [-0.2, -0.15) is 0 Å². The fraction of sp³-hybridized carbons (Fsp3) is 0.600. The third-order valence-electron chi connectivity index (χ3n) is 3.44. The first-order valence-corrected chi connectivity index (χ1v) is 7.20. The van der Waals surface area contributed by atoms with Gasteiger partial charge in [-0.1, -0.05) is 6.92 Å². The van der Waals surface area contributed by atoms with Crippen LogP contribution in [0.2, 0.25) is 0 Å². The summed E-state index contributed by atoms with van der Waals surface area (Å²) in [7, 11) is 0. The van der Waals surface area contributed by atoms with E-state index >= 15 is 0 Å². The van der Waals surface area contributed by atoms with Crippen LogP contribution in [0.4, 0.5) is 0 Å². The minimum atomic E-state index is 0.0741. The van der Waals surface area contributed by atoms with Crippen LogP contribution in [0, 0.1) is 5.92 Å². The highest BCUT2D eigenvalue weighted by Crippen LogP contribution is 2.03. The molecular weight excluding hydrogens is 254 g/mol. The van der Waals surface area contributed by atoms with Crippen molar-refractivity contribution in [2.75, 3.05) is 39.4 Å². The molecule has 2 rings (SSSR count). The Hall–Kier alpha value is -1.46. The molecule has 1 aliphatic heterocycles. The summed E-state index contributed by atoms with van der Waals surface area (Å²) in [5.41, 5.74) is 0.998. The molecule has 0 radical (unpaired) electrons. The maximum atomic E-state index is 11.8. The maximum Gasteiger partial charge on any atom is 0.224 e. The summed E-state index contributed by atoms with van der Waals surface area (Å²) in [4.78, 5) is 18.2. The number of pyridine rings is 1. The van der Waals surface area contributed by atoms with Gasteiger partial charge in [0.05, 0.1) is 19.6 Å². The molecule has 5 heteroatoms. The standard InChI is InChI=1S/C15H23N3O2/c1-13(12-18-6-8-20-9-7-18)11-17-15(19)10-14-2-4-16-5-3-14/h2-5,13H,6-12H2,1H3,(H,17,19). The normalized spacial score (nSPS) is 17.6. The molecule has 1 amide bonds. The van der Waals surface area contributed by atoms with Gasteiger partial charge in [0.2, 0.25) is 5.91 Å². The predicted octanol–water partition coefficient (Wildman–Crippen LogP) is 0.709. The minimum absolute atomic E-state index is 0.0741. The number of hydrogen-bond donors (Lipinski definition) is 1. The van der Waals surface area contributed by atoms with Crippen LogP contribution in [0.3, 0.4) is 0 Å². The van der Waals surface area contributed by atoms with Gasteiger partial charge in [-0.05, 0) is 23.6 Å². The van der Waals surface area contributed by atoms with E-state index in [1.807, 2.05) is 12.1 Å². The number of hydrogen-bond acceptors (Lipinski definition) is 4. The topological polar surface area (TPSA) is 54.5 Å². The number of amides is 1. The molecular formula is C15H23N3O2. The van der Waals surface area contributed by atoms with Gasteiger partial charge in [0.15, 0.2) is 0 Å². The van der Waals surface area contributed by atoms with E-state index in [2.05, 4.69) is 22.1 Å². The molecule has 1 atom stereocenters. The number of nitrogens with zero attached hydrogens (tertiary/aromatic N) is 2. The number of rotatable bonds is 6. The number of carbonyl (C=O) groups is 1.